The molecule has 0 fully saturated rings. The molecule has 104 valence electrons. The number of para-hydroxylation sites is 1. The maximum Gasteiger partial charge on any atom is 0.255 e. The van der Waals surface area contributed by atoms with E-state index in [0.717, 1.165) is 17.7 Å². The lowest BCUT2D eigenvalue weighted by molar-refractivity contribution is 0.102. The Labute approximate surface area is 115 Å². The summed E-state index contributed by atoms with van der Waals surface area (Å²) in [6.45, 7) is 1.79. The first-order valence-electron chi connectivity index (χ1n) is 6.10. The van der Waals surface area contributed by atoms with E-state index >= 15 is 0 Å². The summed E-state index contributed by atoms with van der Waals surface area (Å²) in [5, 5.41) is 2.65. The summed E-state index contributed by atoms with van der Waals surface area (Å²) in [7, 11) is 0. The summed E-state index contributed by atoms with van der Waals surface area (Å²) >= 11 is 0. The van der Waals surface area contributed by atoms with E-state index in [-0.39, 0.29) is 11.6 Å². The molecule has 0 aromatic heterocycles. The summed E-state index contributed by atoms with van der Waals surface area (Å²) in [5.41, 5.74) is 7.18. The third kappa shape index (κ3) is 3.00. The Morgan fingerprint density at radius 3 is 2.50 bits per heavy atom. The van der Waals surface area contributed by atoms with Crippen molar-refractivity contribution >= 4 is 11.6 Å². The number of nitrogens with one attached hydrogen (secondary N) is 1. The monoisotopic (exact) mass is 276 g/mol. The summed E-state index contributed by atoms with van der Waals surface area (Å²) < 4.78 is 25.9. The minimum absolute atomic E-state index is 0.0448. The van der Waals surface area contributed by atoms with Crippen molar-refractivity contribution in [2.75, 3.05) is 5.32 Å². The SMILES string of the molecule is CC(N)c1ccccc1NC(=O)c1ccc(F)c(F)c1. The number of anilines is 1. The average molecular weight is 276 g/mol. The summed E-state index contributed by atoms with van der Waals surface area (Å²) in [6, 6.07) is 9.82. The van der Waals surface area contributed by atoms with Crippen molar-refractivity contribution in [1.82, 2.24) is 0 Å². The molecule has 2 aromatic carbocycles. The van der Waals surface area contributed by atoms with Gasteiger partial charge in [0.1, 0.15) is 0 Å². The summed E-state index contributed by atoms with van der Waals surface area (Å²) in [6.07, 6.45) is 0. The maximum atomic E-state index is 13.1. The highest BCUT2D eigenvalue weighted by atomic mass is 19.2. The van der Waals surface area contributed by atoms with Crippen molar-refractivity contribution in [2.45, 2.75) is 13.0 Å². The Balaban J connectivity index is 2.26. The molecule has 0 heterocycles. The minimum atomic E-state index is -1.06. The van der Waals surface area contributed by atoms with Crippen molar-refractivity contribution in [1.29, 1.82) is 0 Å². The van der Waals surface area contributed by atoms with Crippen LogP contribution < -0.4 is 11.1 Å². The van der Waals surface area contributed by atoms with Crippen molar-refractivity contribution < 1.29 is 13.6 Å². The van der Waals surface area contributed by atoms with Gasteiger partial charge in [-0.1, -0.05) is 18.2 Å². The molecule has 3 nitrogen and oxygen atoms in total. The molecule has 0 aliphatic rings. The van der Waals surface area contributed by atoms with Gasteiger partial charge in [0.25, 0.3) is 5.91 Å². The predicted octanol–water partition coefficient (Wildman–Crippen LogP) is 3.24. The van der Waals surface area contributed by atoms with Gasteiger partial charge >= 0.3 is 0 Å². The topological polar surface area (TPSA) is 55.1 Å². The highest BCUT2D eigenvalue weighted by Crippen LogP contribution is 2.21. The van der Waals surface area contributed by atoms with E-state index in [0.29, 0.717) is 5.69 Å². The fraction of sp³-hybridized carbons (Fsp3) is 0.133. The number of halogens is 2. The first-order chi connectivity index (χ1) is 9.49. The molecule has 2 rings (SSSR count). The van der Waals surface area contributed by atoms with Crippen LogP contribution in [0.3, 0.4) is 0 Å². The number of nitrogens with two attached hydrogens (primary N) is 1. The van der Waals surface area contributed by atoms with Crippen LogP contribution in [0, 0.1) is 11.6 Å². The van der Waals surface area contributed by atoms with Gasteiger partial charge in [0.2, 0.25) is 0 Å². The number of amides is 1. The van der Waals surface area contributed by atoms with Crippen molar-refractivity contribution in [3.63, 3.8) is 0 Å². The third-order valence-corrected chi connectivity index (χ3v) is 2.88. The van der Waals surface area contributed by atoms with Gasteiger partial charge in [0.05, 0.1) is 0 Å². The minimum Gasteiger partial charge on any atom is -0.324 e. The van der Waals surface area contributed by atoms with E-state index in [1.807, 2.05) is 6.07 Å². The molecule has 1 atom stereocenters. The Kier molecular flexibility index (Phi) is 4.10. The quantitative estimate of drug-likeness (QED) is 0.904. The average Bonchev–Trinajstić information content (AvgIpc) is 2.42. The number of hydrogen-bond acceptors (Lipinski definition) is 2. The Morgan fingerprint density at radius 1 is 1.15 bits per heavy atom. The van der Waals surface area contributed by atoms with Crippen molar-refractivity contribution in [3.8, 4) is 0 Å². The Hall–Kier alpha value is -2.27. The Bertz CT molecular complexity index is 642. The highest BCUT2D eigenvalue weighted by molar-refractivity contribution is 6.04. The zero-order chi connectivity index (χ0) is 14.7. The number of carbonyl (C=O) groups excluding carboxylic acids is 1. The fourth-order valence-corrected chi connectivity index (χ4v) is 1.84. The summed E-state index contributed by atoms with van der Waals surface area (Å²) in [5.74, 6) is -2.56. The second kappa shape index (κ2) is 5.79. The molecule has 0 aliphatic carbocycles. The highest BCUT2D eigenvalue weighted by Gasteiger charge is 2.12. The van der Waals surface area contributed by atoms with Gasteiger partial charge in [-0.15, -0.1) is 0 Å². The Morgan fingerprint density at radius 2 is 1.85 bits per heavy atom. The van der Waals surface area contributed by atoms with Gasteiger partial charge in [0, 0.05) is 17.3 Å². The normalized spacial score (nSPS) is 12.0. The molecule has 0 aliphatic heterocycles. The van der Waals surface area contributed by atoms with E-state index in [2.05, 4.69) is 5.32 Å². The van der Waals surface area contributed by atoms with Crippen molar-refractivity contribution in [2.24, 2.45) is 5.73 Å². The van der Waals surface area contributed by atoms with Gasteiger partial charge in [-0.25, -0.2) is 8.78 Å². The first-order valence-corrected chi connectivity index (χ1v) is 6.10. The standard InChI is InChI=1S/C15H14F2N2O/c1-9(18)11-4-2-3-5-14(11)19-15(20)10-6-7-12(16)13(17)8-10/h2-9H,18H2,1H3,(H,19,20). The van der Waals surface area contributed by atoms with E-state index < -0.39 is 17.5 Å². The number of hydrogen-bond donors (Lipinski definition) is 2. The molecule has 1 amide bonds. The maximum absolute atomic E-state index is 13.1. The van der Waals surface area contributed by atoms with Crippen LogP contribution in [0.2, 0.25) is 0 Å². The first kappa shape index (κ1) is 14.1. The van der Waals surface area contributed by atoms with Crippen LogP contribution >= 0.6 is 0 Å². The van der Waals surface area contributed by atoms with Crippen LogP contribution in [-0.2, 0) is 0 Å². The van der Waals surface area contributed by atoms with Crippen molar-refractivity contribution in [3.05, 3.63) is 65.2 Å². The van der Waals surface area contributed by atoms with Gasteiger partial charge in [0.15, 0.2) is 11.6 Å². The van der Waals surface area contributed by atoms with Crippen LogP contribution in [0.25, 0.3) is 0 Å². The molecule has 5 heteroatoms. The van der Waals surface area contributed by atoms with E-state index in [9.17, 15) is 13.6 Å². The zero-order valence-corrected chi connectivity index (χ0v) is 10.9. The largest absolute Gasteiger partial charge is 0.324 e. The molecular weight excluding hydrogens is 262 g/mol. The van der Waals surface area contributed by atoms with Gasteiger partial charge in [-0.3, -0.25) is 4.79 Å². The van der Waals surface area contributed by atoms with E-state index in [4.69, 9.17) is 5.73 Å². The van der Waals surface area contributed by atoms with Crippen LogP contribution in [0.5, 0.6) is 0 Å². The molecular formula is C15H14F2N2O. The second-order valence-electron chi connectivity index (χ2n) is 4.46. The lowest BCUT2D eigenvalue weighted by atomic mass is 10.1. The molecule has 0 bridgehead atoms. The predicted molar refractivity (Wildman–Crippen MR) is 73.4 cm³/mol. The van der Waals surface area contributed by atoms with Crippen LogP contribution in [0.1, 0.15) is 28.9 Å². The molecule has 0 saturated carbocycles. The smallest absolute Gasteiger partial charge is 0.255 e. The lowest BCUT2D eigenvalue weighted by Crippen LogP contribution is -2.16. The van der Waals surface area contributed by atoms with Gasteiger partial charge in [-0.05, 0) is 36.8 Å². The zero-order valence-electron chi connectivity index (χ0n) is 10.9. The molecule has 20 heavy (non-hydrogen) atoms. The third-order valence-electron chi connectivity index (χ3n) is 2.88. The fourth-order valence-electron chi connectivity index (χ4n) is 1.84. The molecule has 3 N–H and O–H groups in total. The second-order valence-corrected chi connectivity index (χ2v) is 4.46. The van der Waals surface area contributed by atoms with Gasteiger partial charge < -0.3 is 11.1 Å². The number of benzene rings is 2. The molecule has 0 saturated heterocycles. The van der Waals surface area contributed by atoms with Crippen LogP contribution in [0.15, 0.2) is 42.5 Å². The van der Waals surface area contributed by atoms with E-state index in [1.54, 1.807) is 25.1 Å². The van der Waals surface area contributed by atoms with Crippen LogP contribution in [0.4, 0.5) is 14.5 Å². The lowest BCUT2D eigenvalue weighted by Gasteiger charge is -2.13. The molecule has 1 unspecified atom stereocenters. The molecule has 0 radical (unpaired) electrons. The van der Waals surface area contributed by atoms with Crippen LogP contribution in [-0.4, -0.2) is 5.91 Å². The van der Waals surface area contributed by atoms with E-state index in [1.165, 1.54) is 6.07 Å². The molecule has 2 aromatic rings. The number of carbonyl (C=O) groups is 1. The number of rotatable bonds is 3. The molecule has 0 spiro atoms. The summed E-state index contributed by atoms with van der Waals surface area (Å²) in [4.78, 5) is 12.0. The van der Waals surface area contributed by atoms with Gasteiger partial charge in [-0.2, -0.15) is 0 Å².